The molecule has 0 saturated carbocycles. The lowest BCUT2D eigenvalue weighted by atomic mass is 10.2. The molecule has 3 N–H and O–H groups in total. The number of carbonyl (C=O) groups excluding carboxylic acids is 1. The lowest BCUT2D eigenvalue weighted by Gasteiger charge is -2.04. The molecule has 1 aliphatic rings. The number of hydrogen-bond donors (Lipinski definition) is 2. The number of fused-ring (bicyclic) bond motifs is 1. The monoisotopic (exact) mass is 220 g/mol. The second kappa shape index (κ2) is 2.88. The fraction of sp³-hybridized carbons (Fsp3) is 0.429. The first-order valence-corrected chi connectivity index (χ1v) is 4.13. The van der Waals surface area contributed by atoms with E-state index in [1.807, 2.05) is 0 Å². The van der Waals surface area contributed by atoms with Crippen LogP contribution in [-0.4, -0.2) is 22.2 Å². The van der Waals surface area contributed by atoms with E-state index in [1.54, 1.807) is 0 Å². The Bertz CT molecular complexity index is 423. The van der Waals surface area contributed by atoms with Crippen LogP contribution in [0, 0.1) is 0 Å². The molecule has 0 fully saturated rings. The maximum Gasteiger partial charge on any atom is 0.436 e. The molecule has 1 amide bonds. The minimum absolute atomic E-state index is 0.0508. The molecule has 1 aliphatic heterocycles. The van der Waals surface area contributed by atoms with Gasteiger partial charge in [0.15, 0.2) is 5.69 Å². The number of nitrogens with zero attached hydrogens (tertiary/aromatic N) is 2. The Balaban J connectivity index is 2.62. The second-order valence-corrected chi connectivity index (χ2v) is 3.08. The van der Waals surface area contributed by atoms with Crippen LogP contribution >= 0.6 is 0 Å². The van der Waals surface area contributed by atoms with Gasteiger partial charge in [-0.3, -0.25) is 4.79 Å². The van der Waals surface area contributed by atoms with Crippen molar-refractivity contribution in [2.45, 2.75) is 12.7 Å². The molecular weight excluding hydrogens is 213 g/mol. The normalized spacial score (nSPS) is 14.9. The Labute approximate surface area is 82.0 Å². The van der Waals surface area contributed by atoms with E-state index in [0.29, 0.717) is 13.1 Å². The number of amides is 1. The van der Waals surface area contributed by atoms with E-state index in [0.717, 1.165) is 4.68 Å². The number of alkyl halides is 3. The van der Waals surface area contributed by atoms with Crippen molar-refractivity contribution in [3.05, 3.63) is 11.3 Å². The summed E-state index contributed by atoms with van der Waals surface area (Å²) < 4.78 is 38.5. The molecule has 0 saturated heterocycles. The number of anilines is 1. The van der Waals surface area contributed by atoms with E-state index in [9.17, 15) is 18.0 Å². The summed E-state index contributed by atoms with van der Waals surface area (Å²) in [4.78, 5) is 10.9. The predicted molar refractivity (Wildman–Crippen MR) is 44.2 cm³/mol. The van der Waals surface area contributed by atoms with Crippen molar-refractivity contribution in [2.75, 3.05) is 11.9 Å². The van der Waals surface area contributed by atoms with E-state index in [4.69, 9.17) is 5.73 Å². The summed E-state index contributed by atoms with van der Waals surface area (Å²) in [5, 5.41) is 5.95. The Kier molecular flexibility index (Phi) is 1.88. The molecule has 15 heavy (non-hydrogen) atoms. The molecule has 2 heterocycles. The van der Waals surface area contributed by atoms with Gasteiger partial charge in [0.2, 0.25) is 0 Å². The molecule has 0 spiro atoms. The molecule has 0 aromatic carbocycles. The molecule has 0 unspecified atom stereocenters. The number of carbonyl (C=O) groups is 1. The van der Waals surface area contributed by atoms with Gasteiger partial charge in [-0.15, -0.1) is 0 Å². The van der Waals surface area contributed by atoms with Crippen molar-refractivity contribution in [1.29, 1.82) is 0 Å². The van der Waals surface area contributed by atoms with Crippen molar-refractivity contribution >= 4 is 11.7 Å². The summed E-state index contributed by atoms with van der Waals surface area (Å²) in [6, 6.07) is 0. The van der Waals surface area contributed by atoms with E-state index in [2.05, 4.69) is 10.4 Å². The van der Waals surface area contributed by atoms with Gasteiger partial charge in [-0.25, -0.2) is 4.68 Å². The molecule has 2 rings (SSSR count). The van der Waals surface area contributed by atoms with Crippen LogP contribution < -0.4 is 11.1 Å². The lowest BCUT2D eigenvalue weighted by Crippen LogP contribution is -2.19. The quantitative estimate of drug-likeness (QED) is 0.720. The highest BCUT2D eigenvalue weighted by atomic mass is 19.4. The average molecular weight is 220 g/mol. The fourth-order valence-corrected chi connectivity index (χ4v) is 1.52. The standard InChI is InChI=1S/C7H7F3N4O/c8-7(9,10)4-3(5(11)15)6-12-1-2-14(6)13-4/h12H,1-2H2,(H2,11,15). The summed E-state index contributed by atoms with van der Waals surface area (Å²) >= 11 is 0. The zero-order chi connectivity index (χ0) is 11.2. The Hall–Kier alpha value is -1.73. The van der Waals surface area contributed by atoms with Crippen molar-refractivity contribution in [3.63, 3.8) is 0 Å². The molecule has 1 aromatic rings. The van der Waals surface area contributed by atoms with Crippen LogP contribution in [0.4, 0.5) is 19.0 Å². The van der Waals surface area contributed by atoms with Crippen LogP contribution in [0.25, 0.3) is 0 Å². The highest BCUT2D eigenvalue weighted by Gasteiger charge is 2.41. The lowest BCUT2D eigenvalue weighted by molar-refractivity contribution is -0.141. The minimum Gasteiger partial charge on any atom is -0.368 e. The van der Waals surface area contributed by atoms with Gasteiger partial charge in [-0.05, 0) is 0 Å². The van der Waals surface area contributed by atoms with Gasteiger partial charge in [0, 0.05) is 6.54 Å². The Morgan fingerprint density at radius 1 is 1.53 bits per heavy atom. The molecule has 0 radical (unpaired) electrons. The first-order valence-electron chi connectivity index (χ1n) is 4.13. The van der Waals surface area contributed by atoms with E-state index in [1.165, 1.54) is 0 Å². The summed E-state index contributed by atoms with van der Waals surface area (Å²) in [6.07, 6.45) is -4.66. The summed E-state index contributed by atoms with van der Waals surface area (Å²) in [7, 11) is 0. The van der Waals surface area contributed by atoms with Crippen LogP contribution in [0.15, 0.2) is 0 Å². The van der Waals surface area contributed by atoms with Crippen molar-refractivity contribution in [1.82, 2.24) is 9.78 Å². The maximum absolute atomic E-state index is 12.5. The van der Waals surface area contributed by atoms with Gasteiger partial charge in [0.1, 0.15) is 11.4 Å². The summed E-state index contributed by atoms with van der Waals surface area (Å²) in [5.41, 5.74) is 3.09. The summed E-state index contributed by atoms with van der Waals surface area (Å²) in [6.45, 7) is 0.743. The van der Waals surface area contributed by atoms with Crippen LogP contribution in [0.1, 0.15) is 16.1 Å². The van der Waals surface area contributed by atoms with Gasteiger partial charge >= 0.3 is 6.18 Å². The van der Waals surface area contributed by atoms with Crippen LogP contribution in [-0.2, 0) is 12.7 Å². The zero-order valence-electron chi connectivity index (χ0n) is 7.43. The van der Waals surface area contributed by atoms with Gasteiger partial charge in [-0.1, -0.05) is 0 Å². The van der Waals surface area contributed by atoms with Gasteiger partial charge < -0.3 is 11.1 Å². The minimum atomic E-state index is -4.66. The zero-order valence-corrected chi connectivity index (χ0v) is 7.43. The Morgan fingerprint density at radius 2 is 2.20 bits per heavy atom. The number of hydrogen-bond acceptors (Lipinski definition) is 3. The predicted octanol–water partition coefficient (Wildman–Crippen LogP) is 0.426. The topological polar surface area (TPSA) is 72.9 Å². The van der Waals surface area contributed by atoms with E-state index < -0.39 is 23.3 Å². The fourth-order valence-electron chi connectivity index (χ4n) is 1.52. The summed E-state index contributed by atoms with van der Waals surface area (Å²) in [5.74, 6) is -1.08. The third kappa shape index (κ3) is 1.41. The van der Waals surface area contributed by atoms with Gasteiger partial charge in [0.25, 0.3) is 5.91 Å². The molecule has 0 bridgehead atoms. The SMILES string of the molecule is NC(=O)c1c(C(F)(F)F)nn2c1NCC2. The van der Waals surface area contributed by atoms with Crippen molar-refractivity contribution in [2.24, 2.45) is 5.73 Å². The van der Waals surface area contributed by atoms with Crippen molar-refractivity contribution < 1.29 is 18.0 Å². The number of rotatable bonds is 1. The van der Waals surface area contributed by atoms with Crippen LogP contribution in [0.2, 0.25) is 0 Å². The first-order chi connectivity index (χ1) is 6.91. The number of halogens is 3. The van der Waals surface area contributed by atoms with Gasteiger partial charge in [-0.2, -0.15) is 18.3 Å². The van der Waals surface area contributed by atoms with Gasteiger partial charge in [0.05, 0.1) is 6.54 Å². The molecule has 0 atom stereocenters. The number of primary amides is 1. The molecule has 1 aromatic heterocycles. The van der Waals surface area contributed by atoms with E-state index in [-0.39, 0.29) is 5.82 Å². The number of nitrogens with one attached hydrogen (secondary N) is 1. The molecule has 5 nitrogen and oxygen atoms in total. The first kappa shape index (κ1) is 9.81. The molecule has 82 valence electrons. The largest absolute Gasteiger partial charge is 0.436 e. The smallest absolute Gasteiger partial charge is 0.368 e. The third-order valence-electron chi connectivity index (χ3n) is 2.08. The highest BCUT2D eigenvalue weighted by molar-refractivity contribution is 5.99. The third-order valence-corrected chi connectivity index (χ3v) is 2.08. The molecule has 8 heteroatoms. The van der Waals surface area contributed by atoms with Crippen LogP contribution in [0.5, 0.6) is 0 Å². The average Bonchev–Trinajstić information content (AvgIpc) is 2.56. The molecule has 0 aliphatic carbocycles. The van der Waals surface area contributed by atoms with Crippen molar-refractivity contribution in [3.8, 4) is 0 Å². The number of aromatic nitrogens is 2. The second-order valence-electron chi connectivity index (χ2n) is 3.08. The van der Waals surface area contributed by atoms with Crippen LogP contribution in [0.3, 0.4) is 0 Å². The molecular formula is C7H7F3N4O. The highest BCUT2D eigenvalue weighted by Crippen LogP contribution is 2.35. The number of nitrogens with two attached hydrogens (primary N) is 1. The Morgan fingerprint density at radius 3 is 2.73 bits per heavy atom. The maximum atomic E-state index is 12.5. The van der Waals surface area contributed by atoms with E-state index >= 15 is 0 Å².